The number of rotatable bonds is 3. The molecule has 104 valence electrons. The lowest BCUT2D eigenvalue weighted by atomic mass is 9.86. The lowest BCUT2D eigenvalue weighted by Gasteiger charge is -2.25. The minimum atomic E-state index is 0.260. The summed E-state index contributed by atoms with van der Waals surface area (Å²) in [4.78, 5) is 0. The summed E-state index contributed by atoms with van der Waals surface area (Å²) in [5.41, 5.74) is 10.5. The van der Waals surface area contributed by atoms with Gasteiger partial charge in [-0.05, 0) is 55.7 Å². The molecule has 1 fully saturated rings. The van der Waals surface area contributed by atoms with Crippen LogP contribution in [0.1, 0.15) is 74.2 Å². The molecule has 1 saturated carbocycles. The molecular weight excluding hydrogens is 232 g/mol. The van der Waals surface area contributed by atoms with Crippen LogP contribution in [0.5, 0.6) is 0 Å². The van der Waals surface area contributed by atoms with Crippen molar-refractivity contribution in [2.75, 3.05) is 0 Å². The van der Waals surface area contributed by atoms with Crippen molar-refractivity contribution in [3.8, 4) is 0 Å². The van der Waals surface area contributed by atoms with Gasteiger partial charge in [0.25, 0.3) is 0 Å². The van der Waals surface area contributed by atoms with Crippen molar-refractivity contribution in [1.29, 1.82) is 0 Å². The second-order valence-electron chi connectivity index (χ2n) is 6.33. The van der Waals surface area contributed by atoms with E-state index in [1.807, 2.05) is 0 Å². The molecule has 0 aliphatic heterocycles. The highest BCUT2D eigenvalue weighted by Gasteiger charge is 2.20. The number of fused-ring (bicyclic) bond motifs is 1. The smallest absolute Gasteiger partial charge is 0.0297 e. The Kier molecular flexibility index (Phi) is 3.90. The summed E-state index contributed by atoms with van der Waals surface area (Å²) in [6.07, 6.45) is 9.06. The highest BCUT2D eigenvalue weighted by atomic mass is 14.9. The maximum atomic E-state index is 6.19. The van der Waals surface area contributed by atoms with E-state index in [2.05, 4.69) is 30.4 Å². The Hall–Kier alpha value is -0.860. The summed E-state index contributed by atoms with van der Waals surface area (Å²) >= 11 is 0. The lowest BCUT2D eigenvalue weighted by molar-refractivity contribution is 0.460. The number of aryl methyl sites for hydroxylation is 1. The van der Waals surface area contributed by atoms with Crippen LogP contribution in [0.15, 0.2) is 18.2 Å². The number of hydrogen-bond acceptors (Lipinski definition) is 2. The molecule has 0 bridgehead atoms. The molecule has 2 heteroatoms. The average molecular weight is 258 g/mol. The Morgan fingerprint density at radius 1 is 1.16 bits per heavy atom. The van der Waals surface area contributed by atoms with E-state index in [4.69, 9.17) is 5.73 Å². The van der Waals surface area contributed by atoms with Crippen molar-refractivity contribution in [3.05, 3.63) is 34.9 Å². The normalized spacial score (nSPS) is 25.3. The highest BCUT2D eigenvalue weighted by Crippen LogP contribution is 2.30. The van der Waals surface area contributed by atoms with Crippen LogP contribution in [-0.4, -0.2) is 6.04 Å². The third kappa shape index (κ3) is 2.85. The van der Waals surface area contributed by atoms with Crippen LogP contribution in [-0.2, 0) is 6.42 Å². The molecule has 0 heterocycles. The maximum absolute atomic E-state index is 6.19. The molecule has 0 amide bonds. The van der Waals surface area contributed by atoms with Crippen molar-refractivity contribution < 1.29 is 0 Å². The molecule has 0 saturated heterocycles. The molecule has 2 aliphatic carbocycles. The Bertz CT molecular complexity index is 435. The number of hydrogen-bond donors (Lipinski definition) is 2. The number of nitrogens with two attached hydrogens (primary N) is 1. The van der Waals surface area contributed by atoms with Crippen molar-refractivity contribution in [2.24, 2.45) is 5.73 Å². The molecule has 0 radical (unpaired) electrons. The van der Waals surface area contributed by atoms with Gasteiger partial charge in [-0.15, -0.1) is 0 Å². The van der Waals surface area contributed by atoms with E-state index < -0.39 is 0 Å². The molecule has 2 nitrogen and oxygen atoms in total. The second-order valence-corrected chi connectivity index (χ2v) is 6.33. The van der Waals surface area contributed by atoms with Gasteiger partial charge in [-0.2, -0.15) is 0 Å². The molecule has 1 aromatic rings. The van der Waals surface area contributed by atoms with Gasteiger partial charge in [0.1, 0.15) is 0 Å². The SMILES string of the molecule is CC(NC1CCCC1)c1ccc2c(c1)CCCC2N. The van der Waals surface area contributed by atoms with E-state index in [0.717, 1.165) is 12.5 Å². The van der Waals surface area contributed by atoms with Crippen LogP contribution >= 0.6 is 0 Å². The lowest BCUT2D eigenvalue weighted by Crippen LogP contribution is -2.29. The van der Waals surface area contributed by atoms with E-state index in [0.29, 0.717) is 6.04 Å². The first-order chi connectivity index (χ1) is 9.24. The highest BCUT2D eigenvalue weighted by molar-refractivity contribution is 5.37. The Balaban J connectivity index is 1.73. The Labute approximate surface area is 116 Å². The fraction of sp³-hybridized carbons (Fsp3) is 0.647. The Morgan fingerprint density at radius 2 is 1.95 bits per heavy atom. The van der Waals surface area contributed by atoms with Crippen molar-refractivity contribution >= 4 is 0 Å². The molecule has 2 aliphatic rings. The van der Waals surface area contributed by atoms with Gasteiger partial charge >= 0.3 is 0 Å². The van der Waals surface area contributed by atoms with Gasteiger partial charge in [0.05, 0.1) is 0 Å². The molecule has 0 spiro atoms. The standard InChI is InChI=1S/C17H26N2/c1-12(19-15-6-2-3-7-15)13-9-10-16-14(11-13)5-4-8-17(16)18/h9-12,15,17,19H,2-8,18H2,1H3. The number of nitrogens with one attached hydrogen (secondary N) is 1. The molecule has 1 aromatic carbocycles. The van der Waals surface area contributed by atoms with Gasteiger partial charge in [0, 0.05) is 18.1 Å². The van der Waals surface area contributed by atoms with Crippen LogP contribution < -0.4 is 11.1 Å². The average Bonchev–Trinajstić information content (AvgIpc) is 2.91. The van der Waals surface area contributed by atoms with Crippen molar-refractivity contribution in [1.82, 2.24) is 5.32 Å². The van der Waals surface area contributed by atoms with E-state index in [-0.39, 0.29) is 6.04 Å². The molecular formula is C17H26N2. The fourth-order valence-corrected chi connectivity index (χ4v) is 3.68. The van der Waals surface area contributed by atoms with Crippen molar-refractivity contribution in [3.63, 3.8) is 0 Å². The minimum Gasteiger partial charge on any atom is -0.324 e. The molecule has 3 rings (SSSR count). The first-order valence-corrected chi connectivity index (χ1v) is 7.88. The fourth-order valence-electron chi connectivity index (χ4n) is 3.68. The van der Waals surface area contributed by atoms with E-state index >= 15 is 0 Å². The van der Waals surface area contributed by atoms with Gasteiger partial charge in [-0.25, -0.2) is 0 Å². The molecule has 3 N–H and O–H groups in total. The predicted octanol–water partition coefficient (Wildman–Crippen LogP) is 3.62. The second kappa shape index (κ2) is 5.64. The summed E-state index contributed by atoms with van der Waals surface area (Å²) in [6, 6.07) is 8.38. The van der Waals surface area contributed by atoms with E-state index in [1.165, 1.54) is 55.2 Å². The number of benzene rings is 1. The van der Waals surface area contributed by atoms with Crippen LogP contribution in [0, 0.1) is 0 Å². The van der Waals surface area contributed by atoms with Gasteiger partial charge in [0.15, 0.2) is 0 Å². The first-order valence-electron chi connectivity index (χ1n) is 7.88. The van der Waals surface area contributed by atoms with Crippen LogP contribution in [0.3, 0.4) is 0 Å². The zero-order valence-corrected chi connectivity index (χ0v) is 12.0. The van der Waals surface area contributed by atoms with E-state index in [1.54, 1.807) is 0 Å². The van der Waals surface area contributed by atoms with Crippen LogP contribution in [0.25, 0.3) is 0 Å². The largest absolute Gasteiger partial charge is 0.324 e. The third-order valence-corrected chi connectivity index (χ3v) is 4.87. The predicted molar refractivity (Wildman–Crippen MR) is 80.1 cm³/mol. The summed E-state index contributed by atoms with van der Waals surface area (Å²) in [5, 5.41) is 3.78. The minimum absolute atomic E-state index is 0.260. The van der Waals surface area contributed by atoms with Gasteiger partial charge in [-0.1, -0.05) is 31.0 Å². The van der Waals surface area contributed by atoms with Crippen molar-refractivity contribution in [2.45, 2.75) is 70.0 Å². The topological polar surface area (TPSA) is 38.0 Å². The summed E-state index contributed by atoms with van der Waals surface area (Å²) in [6.45, 7) is 2.29. The molecule has 2 unspecified atom stereocenters. The van der Waals surface area contributed by atoms with Crippen LogP contribution in [0.2, 0.25) is 0 Å². The maximum Gasteiger partial charge on any atom is 0.0297 e. The van der Waals surface area contributed by atoms with Gasteiger partial charge in [0.2, 0.25) is 0 Å². The summed E-state index contributed by atoms with van der Waals surface area (Å²) in [5.74, 6) is 0. The molecule has 0 aromatic heterocycles. The monoisotopic (exact) mass is 258 g/mol. The zero-order valence-electron chi connectivity index (χ0n) is 12.0. The molecule has 2 atom stereocenters. The third-order valence-electron chi connectivity index (χ3n) is 4.87. The first kappa shape index (κ1) is 13.1. The summed E-state index contributed by atoms with van der Waals surface area (Å²) < 4.78 is 0. The summed E-state index contributed by atoms with van der Waals surface area (Å²) in [7, 11) is 0. The van der Waals surface area contributed by atoms with E-state index in [9.17, 15) is 0 Å². The van der Waals surface area contributed by atoms with Gasteiger partial charge in [-0.3, -0.25) is 0 Å². The van der Waals surface area contributed by atoms with Crippen LogP contribution in [0.4, 0.5) is 0 Å². The Morgan fingerprint density at radius 3 is 2.74 bits per heavy atom. The zero-order chi connectivity index (χ0) is 13.2. The van der Waals surface area contributed by atoms with Gasteiger partial charge < -0.3 is 11.1 Å². The quantitative estimate of drug-likeness (QED) is 0.869. The molecule has 19 heavy (non-hydrogen) atoms.